The number of aryl methyl sites for hydroxylation is 1. The van der Waals surface area contributed by atoms with E-state index in [1.165, 1.54) is 49.2 Å². The highest BCUT2D eigenvalue weighted by Gasteiger charge is 2.22. The topological polar surface area (TPSA) is 96.7 Å². The average Bonchev–Trinajstić information content (AvgIpc) is 3.15. The van der Waals surface area contributed by atoms with Gasteiger partial charge >= 0.3 is 0 Å². The molecule has 2 aromatic heterocycles. The molecule has 4 rings (SSSR count). The molecule has 0 saturated carbocycles. The van der Waals surface area contributed by atoms with Gasteiger partial charge in [-0.3, -0.25) is 9.20 Å². The largest absolute Gasteiger partial charge is 0.349 e. The summed E-state index contributed by atoms with van der Waals surface area (Å²) in [6.45, 7) is 0. The van der Waals surface area contributed by atoms with Crippen molar-refractivity contribution in [1.82, 2.24) is 24.2 Å². The summed E-state index contributed by atoms with van der Waals surface area (Å²) in [6.07, 6.45) is 4.50. The van der Waals surface area contributed by atoms with Gasteiger partial charge in [0, 0.05) is 20.3 Å². The van der Waals surface area contributed by atoms with Gasteiger partial charge in [-0.05, 0) is 42.5 Å². The maximum Gasteiger partial charge on any atom is 0.244 e. The van der Waals surface area contributed by atoms with E-state index in [-0.39, 0.29) is 22.6 Å². The molecule has 0 spiro atoms. The molecule has 3 aromatic rings. The normalized spacial score (nSPS) is 16.6. The summed E-state index contributed by atoms with van der Waals surface area (Å²) < 4.78 is 27.6. The van der Waals surface area contributed by atoms with Crippen LogP contribution in [0.2, 0.25) is 0 Å². The average molecular weight is 446 g/mol. The Kier molecular flexibility index (Phi) is 5.81. The maximum absolute atomic E-state index is 12.6. The number of nitrogens with zero attached hydrogens (tertiary/aromatic N) is 4. The second-order valence-electron chi connectivity index (χ2n) is 7.36. The lowest BCUT2D eigenvalue weighted by Crippen LogP contribution is -2.32. The number of hydrogen-bond acceptors (Lipinski definition) is 6. The molecule has 10 heteroatoms. The first-order valence-electron chi connectivity index (χ1n) is 9.63. The van der Waals surface area contributed by atoms with E-state index >= 15 is 0 Å². The van der Waals surface area contributed by atoms with Gasteiger partial charge in [-0.2, -0.15) is 0 Å². The first-order valence-corrected chi connectivity index (χ1v) is 12.1. The quantitative estimate of drug-likeness (QED) is 0.585. The zero-order valence-electron chi connectivity index (χ0n) is 16.8. The van der Waals surface area contributed by atoms with Crippen molar-refractivity contribution in [3.05, 3.63) is 53.7 Å². The first-order chi connectivity index (χ1) is 14.4. The lowest BCUT2D eigenvalue weighted by Gasteiger charge is -2.26. The van der Waals surface area contributed by atoms with E-state index in [1.54, 1.807) is 10.5 Å². The summed E-state index contributed by atoms with van der Waals surface area (Å²) in [7, 11) is -0.611. The van der Waals surface area contributed by atoms with Gasteiger partial charge in [0.2, 0.25) is 15.9 Å². The van der Waals surface area contributed by atoms with Gasteiger partial charge in [-0.15, -0.1) is 10.2 Å². The van der Waals surface area contributed by atoms with Crippen LogP contribution in [0.15, 0.2) is 52.6 Å². The van der Waals surface area contributed by atoms with Gasteiger partial charge in [0.15, 0.2) is 10.8 Å². The number of sulfonamides is 1. The monoisotopic (exact) mass is 445 g/mol. The van der Waals surface area contributed by atoms with Crippen LogP contribution in [0.4, 0.5) is 0 Å². The number of carbonyl (C=O) groups is 1. The number of rotatable bonds is 6. The molecule has 0 radical (unpaired) electrons. The van der Waals surface area contributed by atoms with Gasteiger partial charge in [0.05, 0.1) is 16.7 Å². The van der Waals surface area contributed by atoms with Crippen LogP contribution < -0.4 is 5.32 Å². The molecule has 1 atom stereocenters. The molecule has 8 nitrogen and oxygen atoms in total. The highest BCUT2D eigenvalue weighted by molar-refractivity contribution is 7.99. The molecule has 1 aromatic carbocycles. The highest BCUT2D eigenvalue weighted by Crippen LogP contribution is 2.29. The minimum atomic E-state index is -3.57. The predicted octanol–water partition coefficient (Wildman–Crippen LogP) is 2.27. The van der Waals surface area contributed by atoms with Crippen LogP contribution in [0.3, 0.4) is 0 Å². The molecular weight excluding hydrogens is 422 g/mol. The number of amides is 1. The number of thioether (sulfide) groups is 1. The fraction of sp³-hybridized carbons (Fsp3) is 0.350. The fourth-order valence-corrected chi connectivity index (χ4v) is 5.21. The standard InChI is InChI=1S/C20H23N5O3S2/c1-24(2)30(27,28)15-10-11-18-22-23-20(25(18)12-15)29-13-19(26)21-17-9-5-7-14-6-3-4-8-16(14)17/h3-4,6,8,10-12,17H,5,7,9,13H2,1-2H3,(H,21,26)/t17-/m0/s1. The lowest BCUT2D eigenvalue weighted by atomic mass is 9.88. The van der Waals surface area contributed by atoms with Crippen molar-refractivity contribution in [2.75, 3.05) is 19.8 Å². The zero-order valence-corrected chi connectivity index (χ0v) is 18.4. The Balaban J connectivity index is 1.47. The van der Waals surface area contributed by atoms with E-state index in [9.17, 15) is 13.2 Å². The Bertz CT molecular complexity index is 1190. The third-order valence-electron chi connectivity index (χ3n) is 5.16. The van der Waals surface area contributed by atoms with E-state index < -0.39 is 10.0 Å². The van der Waals surface area contributed by atoms with E-state index in [2.05, 4.69) is 27.6 Å². The molecule has 1 amide bonds. The number of benzene rings is 1. The number of carbonyl (C=O) groups excluding carboxylic acids is 1. The van der Waals surface area contributed by atoms with E-state index in [0.717, 1.165) is 23.6 Å². The molecule has 0 unspecified atom stereocenters. The second-order valence-corrected chi connectivity index (χ2v) is 10.5. The molecule has 1 aliphatic carbocycles. The van der Waals surface area contributed by atoms with E-state index in [0.29, 0.717) is 10.8 Å². The Morgan fingerprint density at radius 2 is 2.03 bits per heavy atom. The van der Waals surface area contributed by atoms with Crippen molar-refractivity contribution in [2.45, 2.75) is 35.4 Å². The van der Waals surface area contributed by atoms with E-state index in [1.807, 2.05) is 12.1 Å². The lowest BCUT2D eigenvalue weighted by molar-refractivity contribution is -0.119. The molecule has 0 aliphatic heterocycles. The molecular formula is C20H23N5O3S2. The molecule has 158 valence electrons. The number of fused-ring (bicyclic) bond motifs is 2. The number of pyridine rings is 1. The summed E-state index contributed by atoms with van der Waals surface area (Å²) >= 11 is 1.23. The van der Waals surface area contributed by atoms with Crippen molar-refractivity contribution >= 4 is 33.3 Å². The molecule has 1 aliphatic rings. The maximum atomic E-state index is 12.6. The van der Waals surface area contributed by atoms with Crippen LogP contribution in [-0.4, -0.2) is 53.1 Å². The third kappa shape index (κ3) is 4.07. The molecule has 0 saturated heterocycles. The van der Waals surface area contributed by atoms with Crippen LogP contribution in [0.5, 0.6) is 0 Å². The third-order valence-corrected chi connectivity index (χ3v) is 7.90. The van der Waals surface area contributed by atoms with Crippen LogP contribution in [0, 0.1) is 0 Å². The Morgan fingerprint density at radius 1 is 1.23 bits per heavy atom. The number of nitrogens with one attached hydrogen (secondary N) is 1. The van der Waals surface area contributed by atoms with Crippen LogP contribution >= 0.6 is 11.8 Å². The minimum Gasteiger partial charge on any atom is -0.349 e. The molecule has 1 N–H and O–H groups in total. The summed E-state index contributed by atoms with van der Waals surface area (Å²) in [5, 5.41) is 11.8. The number of aromatic nitrogens is 3. The van der Waals surface area contributed by atoms with Gasteiger partial charge in [-0.25, -0.2) is 12.7 Å². The Labute approximate surface area is 179 Å². The van der Waals surface area contributed by atoms with Crippen molar-refractivity contribution in [3.8, 4) is 0 Å². The summed E-state index contributed by atoms with van der Waals surface area (Å²) in [4.78, 5) is 12.7. The first kappa shape index (κ1) is 20.8. The van der Waals surface area contributed by atoms with Gasteiger partial charge < -0.3 is 5.32 Å². The summed E-state index contributed by atoms with van der Waals surface area (Å²) in [5.74, 6) is 0.0833. The van der Waals surface area contributed by atoms with Crippen molar-refractivity contribution in [1.29, 1.82) is 0 Å². The molecule has 2 heterocycles. The van der Waals surface area contributed by atoms with Crippen LogP contribution in [0.25, 0.3) is 5.65 Å². The Hall–Kier alpha value is -2.43. The van der Waals surface area contributed by atoms with Crippen molar-refractivity contribution < 1.29 is 13.2 Å². The fourth-order valence-electron chi connectivity index (χ4n) is 3.58. The summed E-state index contributed by atoms with van der Waals surface area (Å²) in [6, 6.07) is 11.3. The predicted molar refractivity (Wildman–Crippen MR) is 115 cm³/mol. The van der Waals surface area contributed by atoms with E-state index in [4.69, 9.17) is 0 Å². The SMILES string of the molecule is CN(C)S(=O)(=O)c1ccc2nnc(SCC(=O)N[C@H]3CCCc4ccccc43)n2c1. The highest BCUT2D eigenvalue weighted by atomic mass is 32.2. The minimum absolute atomic E-state index is 0.0232. The van der Waals surface area contributed by atoms with Crippen molar-refractivity contribution in [2.24, 2.45) is 0 Å². The smallest absolute Gasteiger partial charge is 0.244 e. The van der Waals surface area contributed by atoms with Crippen molar-refractivity contribution in [3.63, 3.8) is 0 Å². The van der Waals surface area contributed by atoms with Gasteiger partial charge in [0.1, 0.15) is 0 Å². The zero-order chi connectivity index (χ0) is 21.3. The van der Waals surface area contributed by atoms with Gasteiger partial charge in [-0.1, -0.05) is 36.0 Å². The van der Waals surface area contributed by atoms with Crippen LogP contribution in [-0.2, 0) is 21.2 Å². The van der Waals surface area contributed by atoms with Crippen LogP contribution in [0.1, 0.15) is 30.0 Å². The molecule has 30 heavy (non-hydrogen) atoms. The number of hydrogen-bond donors (Lipinski definition) is 1. The Morgan fingerprint density at radius 3 is 2.83 bits per heavy atom. The van der Waals surface area contributed by atoms with Gasteiger partial charge in [0.25, 0.3) is 0 Å². The molecule has 0 fully saturated rings. The second kappa shape index (κ2) is 8.37. The molecule has 0 bridgehead atoms. The summed E-state index contributed by atoms with van der Waals surface area (Å²) in [5.41, 5.74) is 3.00.